The van der Waals surface area contributed by atoms with Gasteiger partial charge >= 0.3 is 0 Å². The number of unbranched alkanes of at least 4 members (excludes halogenated alkanes) is 3. The van der Waals surface area contributed by atoms with Crippen molar-refractivity contribution in [3.63, 3.8) is 0 Å². The average molecular weight is 369 g/mol. The van der Waals surface area contributed by atoms with Gasteiger partial charge in [-0.3, -0.25) is 4.79 Å². The normalized spacial score (nSPS) is 11.7. The molecule has 1 N–H and O–H groups in total. The third-order valence-corrected chi connectivity index (χ3v) is 5.93. The van der Waals surface area contributed by atoms with Crippen molar-refractivity contribution in [3.8, 4) is 0 Å². The highest BCUT2D eigenvalue weighted by Gasteiger charge is 2.23. The number of nitrogens with zero attached hydrogens (tertiary/aromatic N) is 1. The number of rotatable bonds is 12. The van der Waals surface area contributed by atoms with E-state index in [1.165, 1.54) is 22.9 Å². The van der Waals surface area contributed by atoms with Crippen molar-refractivity contribution in [3.05, 3.63) is 29.8 Å². The summed E-state index contributed by atoms with van der Waals surface area (Å²) in [7, 11) is -3.49. The van der Waals surface area contributed by atoms with Gasteiger partial charge in [-0.15, -0.1) is 0 Å². The van der Waals surface area contributed by atoms with Crippen LogP contribution in [0.2, 0.25) is 0 Å². The molecule has 0 saturated heterocycles. The lowest BCUT2D eigenvalue weighted by atomic mass is 10.2. The van der Waals surface area contributed by atoms with E-state index in [2.05, 4.69) is 12.2 Å². The predicted molar refractivity (Wildman–Crippen MR) is 102 cm³/mol. The van der Waals surface area contributed by atoms with Crippen LogP contribution in [0.4, 0.5) is 0 Å². The molecule has 0 saturated carbocycles. The Labute approximate surface area is 152 Å². The van der Waals surface area contributed by atoms with Crippen LogP contribution in [-0.4, -0.2) is 38.3 Å². The first kappa shape index (κ1) is 21.6. The van der Waals surface area contributed by atoms with Crippen molar-refractivity contribution in [2.45, 2.75) is 64.2 Å². The van der Waals surface area contributed by atoms with Gasteiger partial charge in [0.25, 0.3) is 5.91 Å². The molecular weight excluding hydrogens is 336 g/mol. The summed E-state index contributed by atoms with van der Waals surface area (Å²) in [6.07, 6.45) is 5.97. The summed E-state index contributed by atoms with van der Waals surface area (Å²) in [5, 5.41) is 2.88. The molecule has 1 aromatic rings. The van der Waals surface area contributed by atoms with Crippen LogP contribution in [-0.2, 0) is 10.0 Å². The number of hydrogen-bond acceptors (Lipinski definition) is 3. The zero-order valence-electron chi connectivity index (χ0n) is 15.8. The second-order valence-corrected chi connectivity index (χ2v) is 8.18. The molecule has 0 unspecified atom stereocenters. The van der Waals surface area contributed by atoms with Gasteiger partial charge in [-0.2, -0.15) is 4.31 Å². The van der Waals surface area contributed by atoms with Crippen molar-refractivity contribution in [2.24, 2.45) is 0 Å². The molecule has 5 nitrogen and oxygen atoms in total. The van der Waals surface area contributed by atoms with Crippen molar-refractivity contribution < 1.29 is 13.2 Å². The topological polar surface area (TPSA) is 66.5 Å². The number of sulfonamides is 1. The van der Waals surface area contributed by atoms with Gasteiger partial charge in [0.15, 0.2) is 0 Å². The van der Waals surface area contributed by atoms with Crippen LogP contribution in [0.1, 0.15) is 69.7 Å². The van der Waals surface area contributed by atoms with E-state index < -0.39 is 10.0 Å². The maximum atomic E-state index is 12.7. The molecule has 0 aliphatic rings. The highest BCUT2D eigenvalue weighted by Crippen LogP contribution is 2.17. The first-order chi connectivity index (χ1) is 12.0. The highest BCUT2D eigenvalue weighted by atomic mass is 32.2. The molecule has 0 bridgehead atoms. The van der Waals surface area contributed by atoms with Crippen LogP contribution >= 0.6 is 0 Å². The quantitative estimate of drug-likeness (QED) is 0.571. The highest BCUT2D eigenvalue weighted by molar-refractivity contribution is 7.89. The van der Waals surface area contributed by atoms with Gasteiger partial charge in [-0.05, 0) is 43.5 Å². The molecule has 6 heteroatoms. The van der Waals surface area contributed by atoms with E-state index in [0.717, 1.165) is 32.1 Å². The summed E-state index contributed by atoms with van der Waals surface area (Å²) >= 11 is 0. The second kappa shape index (κ2) is 11.3. The maximum Gasteiger partial charge on any atom is 0.251 e. The van der Waals surface area contributed by atoms with E-state index >= 15 is 0 Å². The molecule has 1 amide bonds. The lowest BCUT2D eigenvalue weighted by Gasteiger charge is -2.21. The molecule has 0 spiro atoms. The molecule has 25 heavy (non-hydrogen) atoms. The Bertz CT molecular complexity index is 606. The standard InChI is InChI=1S/C19H32N2O3S/c1-4-7-8-9-14-20-19(22)17-10-12-18(13-11-17)25(23,24)21(15-5-2)16-6-3/h10-13H,4-9,14-16H2,1-3H3,(H,20,22). The van der Waals surface area contributed by atoms with Gasteiger partial charge in [0.1, 0.15) is 0 Å². The summed E-state index contributed by atoms with van der Waals surface area (Å²) in [4.78, 5) is 12.4. The van der Waals surface area contributed by atoms with Crippen LogP contribution < -0.4 is 5.32 Å². The maximum absolute atomic E-state index is 12.7. The Balaban J connectivity index is 2.72. The van der Waals surface area contributed by atoms with E-state index in [0.29, 0.717) is 25.2 Å². The zero-order chi connectivity index (χ0) is 18.7. The summed E-state index contributed by atoms with van der Waals surface area (Å²) in [5.74, 6) is -0.153. The number of benzene rings is 1. The minimum atomic E-state index is -3.49. The van der Waals surface area contributed by atoms with E-state index in [9.17, 15) is 13.2 Å². The Morgan fingerprint density at radius 2 is 1.52 bits per heavy atom. The third kappa shape index (κ3) is 6.78. The van der Waals surface area contributed by atoms with Gasteiger partial charge in [0.2, 0.25) is 10.0 Å². The van der Waals surface area contributed by atoms with E-state index in [-0.39, 0.29) is 10.8 Å². The Hall–Kier alpha value is -1.40. The molecule has 0 aromatic heterocycles. The van der Waals surface area contributed by atoms with Crippen molar-refractivity contribution in [1.82, 2.24) is 9.62 Å². The van der Waals surface area contributed by atoms with Crippen LogP contribution in [0, 0.1) is 0 Å². The van der Waals surface area contributed by atoms with E-state index in [1.54, 1.807) is 12.1 Å². The number of hydrogen-bond donors (Lipinski definition) is 1. The first-order valence-corrected chi connectivity index (χ1v) is 10.8. The fourth-order valence-corrected chi connectivity index (χ4v) is 4.26. The van der Waals surface area contributed by atoms with E-state index in [4.69, 9.17) is 0 Å². The van der Waals surface area contributed by atoms with Crippen LogP contribution in [0.3, 0.4) is 0 Å². The zero-order valence-corrected chi connectivity index (χ0v) is 16.6. The van der Waals surface area contributed by atoms with Gasteiger partial charge in [-0.25, -0.2) is 8.42 Å². The van der Waals surface area contributed by atoms with Gasteiger partial charge in [0.05, 0.1) is 4.90 Å². The largest absolute Gasteiger partial charge is 0.352 e. The summed E-state index contributed by atoms with van der Waals surface area (Å²) in [5.41, 5.74) is 0.493. The Kier molecular flexibility index (Phi) is 9.75. The lowest BCUT2D eigenvalue weighted by Crippen LogP contribution is -2.32. The van der Waals surface area contributed by atoms with Crippen molar-refractivity contribution in [1.29, 1.82) is 0 Å². The van der Waals surface area contributed by atoms with Crippen molar-refractivity contribution in [2.75, 3.05) is 19.6 Å². The Morgan fingerprint density at radius 1 is 0.920 bits per heavy atom. The average Bonchev–Trinajstić information content (AvgIpc) is 2.61. The number of amides is 1. The molecule has 0 fully saturated rings. The molecule has 0 radical (unpaired) electrons. The van der Waals surface area contributed by atoms with Gasteiger partial charge < -0.3 is 5.32 Å². The molecule has 0 heterocycles. The predicted octanol–water partition coefficient (Wildman–Crippen LogP) is 3.81. The smallest absolute Gasteiger partial charge is 0.251 e. The van der Waals surface area contributed by atoms with E-state index in [1.807, 2.05) is 13.8 Å². The summed E-state index contributed by atoms with van der Waals surface area (Å²) < 4.78 is 26.9. The minimum absolute atomic E-state index is 0.153. The first-order valence-electron chi connectivity index (χ1n) is 9.35. The number of nitrogens with one attached hydrogen (secondary N) is 1. The van der Waals surface area contributed by atoms with Gasteiger partial charge in [-0.1, -0.05) is 40.0 Å². The number of carbonyl (C=O) groups excluding carboxylic acids is 1. The second-order valence-electron chi connectivity index (χ2n) is 6.25. The molecule has 0 atom stereocenters. The summed E-state index contributed by atoms with van der Waals surface area (Å²) in [6.45, 7) is 7.75. The third-order valence-electron chi connectivity index (χ3n) is 4.02. The molecular formula is C19H32N2O3S. The van der Waals surface area contributed by atoms with Gasteiger partial charge in [0, 0.05) is 25.2 Å². The van der Waals surface area contributed by atoms with Crippen molar-refractivity contribution >= 4 is 15.9 Å². The SMILES string of the molecule is CCCCCCNC(=O)c1ccc(S(=O)(=O)N(CCC)CCC)cc1. The Morgan fingerprint density at radius 3 is 2.04 bits per heavy atom. The molecule has 1 rings (SSSR count). The molecule has 0 aliphatic carbocycles. The molecule has 1 aromatic carbocycles. The lowest BCUT2D eigenvalue weighted by molar-refractivity contribution is 0.0953. The fourth-order valence-electron chi connectivity index (χ4n) is 2.63. The summed E-state index contributed by atoms with van der Waals surface area (Å²) in [6, 6.07) is 6.23. The van der Waals surface area contributed by atoms with Crippen LogP contribution in [0.15, 0.2) is 29.2 Å². The molecule has 142 valence electrons. The van der Waals surface area contributed by atoms with Crippen LogP contribution in [0.5, 0.6) is 0 Å². The monoisotopic (exact) mass is 368 g/mol. The number of carbonyl (C=O) groups is 1. The minimum Gasteiger partial charge on any atom is -0.352 e. The fraction of sp³-hybridized carbons (Fsp3) is 0.632. The molecule has 0 aliphatic heterocycles. The van der Waals surface area contributed by atoms with Crippen LogP contribution in [0.25, 0.3) is 0 Å².